The Labute approximate surface area is 125 Å². The van der Waals surface area contributed by atoms with Gasteiger partial charge in [-0.1, -0.05) is 18.2 Å². The number of primary sulfonamides is 1. The van der Waals surface area contributed by atoms with Gasteiger partial charge in [-0.3, -0.25) is 0 Å². The maximum atomic E-state index is 11.1. The Morgan fingerprint density at radius 1 is 1.05 bits per heavy atom. The topological polar surface area (TPSA) is 72.6 Å². The molecule has 0 amide bonds. The summed E-state index contributed by atoms with van der Waals surface area (Å²) in [6, 6.07) is 16.1. The minimum atomic E-state index is -3.65. The van der Waals surface area contributed by atoms with Gasteiger partial charge in [-0.15, -0.1) is 0 Å². The van der Waals surface area contributed by atoms with Crippen LogP contribution in [-0.4, -0.2) is 28.6 Å². The molecule has 2 aromatic carbocycles. The lowest BCUT2D eigenvalue weighted by molar-refractivity contribution is 0.325. The molecule has 0 spiro atoms. The van der Waals surface area contributed by atoms with Crippen LogP contribution in [-0.2, 0) is 10.0 Å². The maximum absolute atomic E-state index is 11.1. The van der Waals surface area contributed by atoms with E-state index in [1.165, 1.54) is 12.1 Å². The van der Waals surface area contributed by atoms with Gasteiger partial charge in [0.1, 0.15) is 12.4 Å². The molecule has 0 aliphatic carbocycles. The number of nitrogens with zero attached hydrogens (tertiary/aromatic N) is 1. The van der Waals surface area contributed by atoms with Crippen LogP contribution in [0.15, 0.2) is 59.5 Å². The van der Waals surface area contributed by atoms with Crippen LogP contribution in [0.3, 0.4) is 0 Å². The number of anilines is 1. The lowest BCUT2D eigenvalue weighted by Crippen LogP contribution is -2.23. The van der Waals surface area contributed by atoms with Crippen molar-refractivity contribution in [3.05, 3.63) is 54.6 Å². The number of hydrogen-bond donors (Lipinski definition) is 1. The van der Waals surface area contributed by atoms with E-state index < -0.39 is 10.0 Å². The Hall–Kier alpha value is -2.05. The molecule has 0 atom stereocenters. The van der Waals surface area contributed by atoms with Crippen molar-refractivity contribution < 1.29 is 13.2 Å². The average Bonchev–Trinajstić information content (AvgIpc) is 2.47. The number of hydrogen-bond acceptors (Lipinski definition) is 4. The molecule has 0 bridgehead atoms. The summed E-state index contributed by atoms with van der Waals surface area (Å²) < 4.78 is 27.9. The molecular formula is C15H18N2O3S. The third-order valence-corrected chi connectivity index (χ3v) is 3.97. The van der Waals surface area contributed by atoms with E-state index in [0.717, 1.165) is 12.2 Å². The fourth-order valence-electron chi connectivity index (χ4n) is 1.84. The van der Waals surface area contributed by atoms with E-state index in [-0.39, 0.29) is 4.90 Å². The fraction of sp³-hybridized carbons (Fsp3) is 0.200. The monoisotopic (exact) mass is 306 g/mol. The van der Waals surface area contributed by atoms with Crippen molar-refractivity contribution in [2.45, 2.75) is 4.90 Å². The number of likely N-dealkylation sites (N-methyl/N-ethyl adjacent to an activating group) is 1. The minimum absolute atomic E-state index is 0.0799. The first kappa shape index (κ1) is 15.3. The summed E-state index contributed by atoms with van der Waals surface area (Å²) >= 11 is 0. The fourth-order valence-corrected chi connectivity index (χ4v) is 2.35. The molecule has 0 aliphatic heterocycles. The van der Waals surface area contributed by atoms with Gasteiger partial charge >= 0.3 is 0 Å². The quantitative estimate of drug-likeness (QED) is 0.884. The molecule has 0 fully saturated rings. The van der Waals surface area contributed by atoms with Gasteiger partial charge in [-0.05, 0) is 36.4 Å². The Morgan fingerprint density at radius 2 is 1.67 bits per heavy atom. The first-order chi connectivity index (χ1) is 9.97. The zero-order valence-corrected chi connectivity index (χ0v) is 12.6. The molecular weight excluding hydrogens is 288 g/mol. The highest BCUT2D eigenvalue weighted by Gasteiger charge is 2.07. The van der Waals surface area contributed by atoms with Crippen molar-refractivity contribution in [3.8, 4) is 5.75 Å². The number of para-hydroxylation sites is 1. The number of ether oxygens (including phenoxy) is 1. The van der Waals surface area contributed by atoms with Gasteiger partial charge in [0.2, 0.25) is 10.0 Å². The van der Waals surface area contributed by atoms with Crippen molar-refractivity contribution in [3.63, 3.8) is 0 Å². The van der Waals surface area contributed by atoms with Crippen molar-refractivity contribution in [2.24, 2.45) is 5.14 Å². The molecule has 2 N–H and O–H groups in total. The molecule has 21 heavy (non-hydrogen) atoms. The highest BCUT2D eigenvalue weighted by atomic mass is 32.2. The number of nitrogens with two attached hydrogens (primary N) is 1. The van der Waals surface area contributed by atoms with Gasteiger partial charge in [0, 0.05) is 12.7 Å². The van der Waals surface area contributed by atoms with E-state index in [0.29, 0.717) is 12.4 Å². The normalized spacial score (nSPS) is 11.1. The second-order valence-electron chi connectivity index (χ2n) is 4.62. The smallest absolute Gasteiger partial charge is 0.238 e. The predicted octanol–water partition coefficient (Wildman–Crippen LogP) is 1.85. The van der Waals surface area contributed by atoms with E-state index in [2.05, 4.69) is 4.90 Å². The molecule has 0 unspecified atom stereocenters. The molecule has 0 aliphatic rings. The Kier molecular flexibility index (Phi) is 4.82. The molecule has 2 rings (SSSR count). The molecule has 0 saturated heterocycles. The van der Waals surface area contributed by atoms with Crippen molar-refractivity contribution in [1.29, 1.82) is 0 Å². The van der Waals surface area contributed by atoms with Gasteiger partial charge in [-0.2, -0.15) is 0 Å². The van der Waals surface area contributed by atoms with Crippen LogP contribution in [0.1, 0.15) is 0 Å². The summed E-state index contributed by atoms with van der Waals surface area (Å²) in [6.45, 7) is 1.22. The lowest BCUT2D eigenvalue weighted by Gasteiger charge is -2.19. The van der Waals surface area contributed by atoms with E-state index in [1.54, 1.807) is 12.1 Å². The van der Waals surface area contributed by atoms with Crippen LogP contribution < -0.4 is 14.8 Å². The van der Waals surface area contributed by atoms with Crippen LogP contribution in [0.25, 0.3) is 0 Å². The molecule has 6 heteroatoms. The first-order valence-electron chi connectivity index (χ1n) is 6.49. The van der Waals surface area contributed by atoms with Crippen LogP contribution in [0.4, 0.5) is 5.69 Å². The Morgan fingerprint density at radius 3 is 2.24 bits per heavy atom. The van der Waals surface area contributed by atoms with E-state index in [4.69, 9.17) is 9.88 Å². The molecule has 5 nitrogen and oxygen atoms in total. The second kappa shape index (κ2) is 6.60. The first-order valence-corrected chi connectivity index (χ1v) is 8.03. The van der Waals surface area contributed by atoms with Gasteiger partial charge < -0.3 is 9.64 Å². The summed E-state index contributed by atoms with van der Waals surface area (Å²) in [5, 5.41) is 5.04. The summed E-state index contributed by atoms with van der Waals surface area (Å²) in [4.78, 5) is 2.16. The number of sulfonamides is 1. The highest BCUT2D eigenvalue weighted by molar-refractivity contribution is 7.89. The molecule has 112 valence electrons. The van der Waals surface area contributed by atoms with Crippen LogP contribution in [0.2, 0.25) is 0 Å². The summed E-state index contributed by atoms with van der Waals surface area (Å²) in [5.74, 6) is 0.615. The Balaban J connectivity index is 1.86. The predicted molar refractivity (Wildman–Crippen MR) is 83.0 cm³/mol. The summed E-state index contributed by atoms with van der Waals surface area (Å²) in [7, 11) is -1.66. The third-order valence-electron chi connectivity index (χ3n) is 3.04. The van der Waals surface area contributed by atoms with Crippen molar-refractivity contribution in [2.75, 3.05) is 25.1 Å². The van der Waals surface area contributed by atoms with Gasteiger partial charge in [0.25, 0.3) is 0 Å². The third kappa shape index (κ3) is 4.47. The zero-order chi connectivity index (χ0) is 15.3. The van der Waals surface area contributed by atoms with E-state index in [1.807, 2.05) is 37.4 Å². The van der Waals surface area contributed by atoms with E-state index in [9.17, 15) is 8.42 Å². The van der Waals surface area contributed by atoms with Crippen LogP contribution in [0, 0.1) is 0 Å². The maximum Gasteiger partial charge on any atom is 0.238 e. The average molecular weight is 306 g/mol. The molecule has 0 saturated carbocycles. The largest absolute Gasteiger partial charge is 0.492 e. The standard InChI is InChI=1S/C15H18N2O3S/c1-17(13-5-3-2-4-6-13)11-12-20-14-7-9-15(10-8-14)21(16,18)19/h2-10H,11-12H2,1H3,(H2,16,18,19). The lowest BCUT2D eigenvalue weighted by atomic mass is 10.3. The number of rotatable bonds is 6. The summed E-state index contributed by atoms with van der Waals surface area (Å²) in [5.41, 5.74) is 1.12. The van der Waals surface area contributed by atoms with Gasteiger partial charge in [0.05, 0.1) is 11.4 Å². The SMILES string of the molecule is CN(CCOc1ccc(S(N)(=O)=O)cc1)c1ccccc1. The van der Waals surface area contributed by atoms with Crippen molar-refractivity contribution >= 4 is 15.7 Å². The minimum Gasteiger partial charge on any atom is -0.492 e. The van der Waals surface area contributed by atoms with Crippen LogP contribution in [0.5, 0.6) is 5.75 Å². The van der Waals surface area contributed by atoms with E-state index >= 15 is 0 Å². The van der Waals surface area contributed by atoms with Crippen molar-refractivity contribution in [1.82, 2.24) is 0 Å². The molecule has 0 aromatic heterocycles. The van der Waals surface area contributed by atoms with Crippen LogP contribution >= 0.6 is 0 Å². The molecule has 0 radical (unpaired) electrons. The molecule has 2 aromatic rings. The van der Waals surface area contributed by atoms with Gasteiger partial charge in [-0.25, -0.2) is 13.6 Å². The Bertz CT molecular complexity index is 670. The zero-order valence-electron chi connectivity index (χ0n) is 11.8. The van der Waals surface area contributed by atoms with Gasteiger partial charge in [0.15, 0.2) is 0 Å². The highest BCUT2D eigenvalue weighted by Crippen LogP contribution is 2.15. The summed E-state index contributed by atoms with van der Waals surface area (Å²) in [6.07, 6.45) is 0. The molecule has 0 heterocycles. The second-order valence-corrected chi connectivity index (χ2v) is 6.18. The number of benzene rings is 2.